The van der Waals surface area contributed by atoms with Gasteiger partial charge in [0.2, 0.25) is 5.91 Å². The van der Waals surface area contributed by atoms with Gasteiger partial charge in [0.25, 0.3) is 5.56 Å². The minimum atomic E-state index is -0.0839. The van der Waals surface area contributed by atoms with Crippen LogP contribution in [0.3, 0.4) is 0 Å². The Labute approximate surface area is 148 Å². The van der Waals surface area contributed by atoms with E-state index in [1.807, 2.05) is 24.0 Å². The normalized spacial score (nSPS) is 15.7. The number of aromatic amines is 1. The molecular weight excluding hydrogens is 314 g/mol. The van der Waals surface area contributed by atoms with Crippen LogP contribution in [-0.2, 0) is 11.2 Å². The number of amides is 1. The van der Waals surface area contributed by atoms with E-state index in [1.165, 1.54) is 5.56 Å². The van der Waals surface area contributed by atoms with Crippen molar-refractivity contribution in [1.82, 2.24) is 14.8 Å². The summed E-state index contributed by atoms with van der Waals surface area (Å²) in [6.45, 7) is 10.8. The van der Waals surface area contributed by atoms with Crippen LogP contribution in [0.5, 0.6) is 0 Å². The first kappa shape index (κ1) is 17.7. The Bertz CT molecular complexity index is 833. The number of hydrogen-bond donors (Lipinski definition) is 1. The highest BCUT2D eigenvalue weighted by Crippen LogP contribution is 2.18. The molecule has 0 aliphatic carbocycles. The quantitative estimate of drug-likeness (QED) is 0.928. The number of pyridine rings is 1. The van der Waals surface area contributed by atoms with E-state index < -0.39 is 0 Å². The van der Waals surface area contributed by atoms with Crippen molar-refractivity contribution in [2.45, 2.75) is 33.6 Å². The van der Waals surface area contributed by atoms with Gasteiger partial charge in [-0.1, -0.05) is 6.92 Å². The number of benzene rings is 1. The van der Waals surface area contributed by atoms with Crippen LogP contribution in [0.1, 0.15) is 30.0 Å². The molecule has 0 bridgehead atoms. The van der Waals surface area contributed by atoms with E-state index in [2.05, 4.69) is 29.8 Å². The van der Waals surface area contributed by atoms with Gasteiger partial charge < -0.3 is 14.8 Å². The number of carbonyl (C=O) groups excluding carboxylic acids is 1. The minimum Gasteiger partial charge on any atom is -0.340 e. The van der Waals surface area contributed by atoms with E-state index in [9.17, 15) is 9.59 Å². The van der Waals surface area contributed by atoms with Crippen molar-refractivity contribution in [3.8, 4) is 0 Å². The molecule has 1 aromatic carbocycles. The lowest BCUT2D eigenvalue weighted by Crippen LogP contribution is -2.48. The predicted molar refractivity (Wildman–Crippen MR) is 101 cm³/mol. The maximum Gasteiger partial charge on any atom is 0.251 e. The molecule has 1 N–H and O–H groups in total. The molecule has 134 valence electrons. The smallest absolute Gasteiger partial charge is 0.251 e. The van der Waals surface area contributed by atoms with Crippen LogP contribution in [0.25, 0.3) is 10.9 Å². The number of fused-ring (bicyclic) bond motifs is 1. The molecule has 0 spiro atoms. The highest BCUT2D eigenvalue weighted by atomic mass is 16.2. The Kier molecular flexibility index (Phi) is 5.23. The minimum absolute atomic E-state index is 0.0839. The molecule has 0 radical (unpaired) electrons. The molecule has 1 amide bonds. The average molecular weight is 341 g/mol. The first-order valence-electron chi connectivity index (χ1n) is 9.11. The topological polar surface area (TPSA) is 56.4 Å². The van der Waals surface area contributed by atoms with E-state index in [0.717, 1.165) is 49.2 Å². The molecule has 2 heterocycles. The van der Waals surface area contributed by atoms with Crippen molar-refractivity contribution in [2.75, 3.05) is 32.7 Å². The molecule has 25 heavy (non-hydrogen) atoms. The Balaban J connectivity index is 1.68. The SMILES string of the molecule is CCN1CCN(C(=O)CCc2cc3cc(C)c(C)cc3[nH]c2=O)CC1. The summed E-state index contributed by atoms with van der Waals surface area (Å²) in [5, 5.41) is 1.03. The second-order valence-corrected chi connectivity index (χ2v) is 6.96. The fraction of sp³-hybridized carbons (Fsp3) is 0.500. The number of aryl methyl sites for hydroxylation is 3. The van der Waals surface area contributed by atoms with Crippen molar-refractivity contribution in [3.63, 3.8) is 0 Å². The van der Waals surface area contributed by atoms with E-state index in [4.69, 9.17) is 0 Å². The van der Waals surface area contributed by atoms with Gasteiger partial charge in [0.1, 0.15) is 0 Å². The summed E-state index contributed by atoms with van der Waals surface area (Å²) in [4.78, 5) is 32.0. The molecular formula is C20H27N3O2. The number of rotatable bonds is 4. The highest BCUT2D eigenvalue weighted by Gasteiger charge is 2.20. The third kappa shape index (κ3) is 3.93. The molecule has 0 atom stereocenters. The average Bonchev–Trinajstić information content (AvgIpc) is 2.61. The molecule has 2 aromatic rings. The van der Waals surface area contributed by atoms with Gasteiger partial charge in [0, 0.05) is 43.7 Å². The lowest BCUT2D eigenvalue weighted by molar-refractivity contribution is -0.132. The van der Waals surface area contributed by atoms with Gasteiger partial charge in [-0.2, -0.15) is 0 Å². The predicted octanol–water partition coefficient (Wildman–Crippen LogP) is 2.24. The third-order valence-corrected chi connectivity index (χ3v) is 5.32. The fourth-order valence-electron chi connectivity index (χ4n) is 3.42. The summed E-state index contributed by atoms with van der Waals surface area (Å²) < 4.78 is 0. The van der Waals surface area contributed by atoms with Gasteiger partial charge in [0.05, 0.1) is 0 Å². The van der Waals surface area contributed by atoms with E-state index in [0.29, 0.717) is 18.4 Å². The van der Waals surface area contributed by atoms with Gasteiger partial charge in [-0.15, -0.1) is 0 Å². The van der Waals surface area contributed by atoms with Crippen LogP contribution in [-0.4, -0.2) is 53.4 Å². The van der Waals surface area contributed by atoms with E-state index in [1.54, 1.807) is 0 Å². The number of nitrogens with zero attached hydrogens (tertiary/aromatic N) is 2. The summed E-state index contributed by atoms with van der Waals surface area (Å²) in [6, 6.07) is 6.03. The highest BCUT2D eigenvalue weighted by molar-refractivity contribution is 5.81. The molecule has 1 aliphatic heterocycles. The molecule has 3 rings (SSSR count). The summed E-state index contributed by atoms with van der Waals surface area (Å²) >= 11 is 0. The molecule has 0 saturated carbocycles. The zero-order valence-electron chi connectivity index (χ0n) is 15.4. The molecule has 1 aliphatic rings. The van der Waals surface area contributed by atoms with Crippen LogP contribution in [0.15, 0.2) is 23.0 Å². The van der Waals surface area contributed by atoms with Crippen molar-refractivity contribution in [1.29, 1.82) is 0 Å². The Hall–Kier alpha value is -2.14. The number of piperazine rings is 1. The number of carbonyl (C=O) groups is 1. The summed E-state index contributed by atoms with van der Waals surface area (Å²) in [6.07, 6.45) is 0.885. The third-order valence-electron chi connectivity index (χ3n) is 5.32. The molecule has 1 aromatic heterocycles. The van der Waals surface area contributed by atoms with Gasteiger partial charge >= 0.3 is 0 Å². The molecule has 1 saturated heterocycles. The first-order valence-corrected chi connectivity index (χ1v) is 9.11. The number of likely N-dealkylation sites (N-methyl/N-ethyl adjacent to an activating group) is 1. The van der Waals surface area contributed by atoms with Crippen molar-refractivity contribution in [3.05, 3.63) is 45.2 Å². The lowest BCUT2D eigenvalue weighted by Gasteiger charge is -2.34. The van der Waals surface area contributed by atoms with Crippen LogP contribution in [0.4, 0.5) is 0 Å². The Morgan fingerprint density at radius 1 is 1.08 bits per heavy atom. The first-order chi connectivity index (χ1) is 12.0. The molecule has 5 nitrogen and oxygen atoms in total. The molecule has 1 fully saturated rings. The summed E-state index contributed by atoms with van der Waals surface area (Å²) in [5.74, 6) is 0.148. The number of hydrogen-bond acceptors (Lipinski definition) is 3. The largest absolute Gasteiger partial charge is 0.340 e. The lowest BCUT2D eigenvalue weighted by atomic mass is 10.0. The van der Waals surface area contributed by atoms with Crippen molar-refractivity contribution < 1.29 is 4.79 Å². The van der Waals surface area contributed by atoms with Gasteiger partial charge in [-0.25, -0.2) is 0 Å². The standard InChI is InChI=1S/C20H27N3O2/c1-4-22-7-9-23(10-8-22)19(24)6-5-16-13-17-11-14(2)15(3)12-18(17)21-20(16)25/h11-13H,4-10H2,1-3H3,(H,21,25). The maximum atomic E-state index is 12.4. The zero-order valence-corrected chi connectivity index (χ0v) is 15.4. The number of H-pyrrole nitrogens is 1. The van der Waals surface area contributed by atoms with Gasteiger partial charge in [0.15, 0.2) is 0 Å². The second-order valence-electron chi connectivity index (χ2n) is 6.96. The Morgan fingerprint density at radius 3 is 2.44 bits per heavy atom. The van der Waals surface area contributed by atoms with Crippen LogP contribution in [0.2, 0.25) is 0 Å². The van der Waals surface area contributed by atoms with Crippen LogP contribution < -0.4 is 5.56 Å². The number of aromatic nitrogens is 1. The van der Waals surface area contributed by atoms with Crippen LogP contribution in [0, 0.1) is 13.8 Å². The molecule has 0 unspecified atom stereocenters. The van der Waals surface area contributed by atoms with E-state index in [-0.39, 0.29) is 11.5 Å². The van der Waals surface area contributed by atoms with Crippen LogP contribution >= 0.6 is 0 Å². The second kappa shape index (κ2) is 7.40. The van der Waals surface area contributed by atoms with Crippen molar-refractivity contribution in [2.24, 2.45) is 0 Å². The monoisotopic (exact) mass is 341 g/mol. The maximum absolute atomic E-state index is 12.4. The molecule has 5 heteroatoms. The Morgan fingerprint density at radius 2 is 1.76 bits per heavy atom. The van der Waals surface area contributed by atoms with Crippen molar-refractivity contribution >= 4 is 16.8 Å². The van der Waals surface area contributed by atoms with Gasteiger partial charge in [-0.05, 0) is 61.5 Å². The number of nitrogens with one attached hydrogen (secondary N) is 1. The fourth-order valence-corrected chi connectivity index (χ4v) is 3.42. The summed E-state index contributed by atoms with van der Waals surface area (Å²) in [5.41, 5.74) is 3.84. The summed E-state index contributed by atoms with van der Waals surface area (Å²) in [7, 11) is 0. The van der Waals surface area contributed by atoms with E-state index >= 15 is 0 Å². The van der Waals surface area contributed by atoms with Gasteiger partial charge in [-0.3, -0.25) is 9.59 Å². The zero-order chi connectivity index (χ0) is 18.0.